The van der Waals surface area contributed by atoms with Crippen molar-refractivity contribution in [3.63, 3.8) is 0 Å². The zero-order chi connectivity index (χ0) is 18.0. The number of rotatable bonds is 3. The van der Waals surface area contributed by atoms with Crippen molar-refractivity contribution < 1.29 is 5.11 Å². The number of anilines is 2. The van der Waals surface area contributed by atoms with Gasteiger partial charge in [0.25, 0.3) is 5.56 Å². The SMILES string of the molecule is Cc1c(NC(=S)Nc2cccc(O)c2)c(=O)n(-c2ccccc2)n1C. The summed E-state index contributed by atoms with van der Waals surface area (Å²) in [5.41, 5.74) is 2.39. The van der Waals surface area contributed by atoms with Crippen LogP contribution < -0.4 is 16.2 Å². The fourth-order valence-corrected chi connectivity index (χ4v) is 2.79. The summed E-state index contributed by atoms with van der Waals surface area (Å²) in [6.07, 6.45) is 0. The van der Waals surface area contributed by atoms with E-state index in [0.29, 0.717) is 11.4 Å². The second-order valence-electron chi connectivity index (χ2n) is 5.57. The first-order chi connectivity index (χ1) is 12.0. The van der Waals surface area contributed by atoms with Gasteiger partial charge in [0.05, 0.1) is 11.4 Å². The van der Waals surface area contributed by atoms with Crippen LogP contribution in [0.5, 0.6) is 5.75 Å². The van der Waals surface area contributed by atoms with Gasteiger partial charge in [-0.1, -0.05) is 24.3 Å². The van der Waals surface area contributed by atoms with Crippen LogP contribution in [0, 0.1) is 6.92 Å². The summed E-state index contributed by atoms with van der Waals surface area (Å²) in [5, 5.41) is 15.7. The second kappa shape index (κ2) is 6.82. The van der Waals surface area contributed by atoms with E-state index in [1.54, 1.807) is 33.6 Å². The molecule has 3 aromatic rings. The monoisotopic (exact) mass is 354 g/mol. The van der Waals surface area contributed by atoms with Gasteiger partial charge in [-0.25, -0.2) is 4.68 Å². The number of thiocarbonyl (C=S) groups is 1. The van der Waals surface area contributed by atoms with E-state index in [0.717, 1.165) is 11.4 Å². The maximum Gasteiger partial charge on any atom is 0.295 e. The summed E-state index contributed by atoms with van der Waals surface area (Å²) in [7, 11) is 1.82. The molecule has 1 heterocycles. The molecular weight excluding hydrogens is 336 g/mol. The molecule has 0 saturated heterocycles. The molecular formula is C18H18N4O2S. The number of phenols is 1. The summed E-state index contributed by atoms with van der Waals surface area (Å²) in [5.74, 6) is 0.134. The van der Waals surface area contributed by atoms with Crippen LogP contribution in [0.3, 0.4) is 0 Å². The third-order valence-corrected chi connectivity index (χ3v) is 4.10. The van der Waals surface area contributed by atoms with E-state index in [1.807, 2.05) is 44.3 Å². The van der Waals surface area contributed by atoms with Gasteiger partial charge in [-0.05, 0) is 43.4 Å². The van der Waals surface area contributed by atoms with Crippen molar-refractivity contribution in [1.82, 2.24) is 9.36 Å². The summed E-state index contributed by atoms with van der Waals surface area (Å²) >= 11 is 5.29. The predicted octanol–water partition coefficient (Wildman–Crippen LogP) is 3.00. The quantitative estimate of drug-likeness (QED) is 0.631. The third kappa shape index (κ3) is 3.41. The fourth-order valence-electron chi connectivity index (χ4n) is 2.57. The highest BCUT2D eigenvalue weighted by atomic mass is 32.1. The lowest BCUT2D eigenvalue weighted by atomic mass is 10.3. The van der Waals surface area contributed by atoms with E-state index in [1.165, 1.54) is 0 Å². The molecule has 25 heavy (non-hydrogen) atoms. The molecule has 0 unspecified atom stereocenters. The summed E-state index contributed by atoms with van der Waals surface area (Å²) in [6.45, 7) is 1.85. The molecule has 7 heteroatoms. The first kappa shape index (κ1) is 16.8. The minimum Gasteiger partial charge on any atom is -0.508 e. The van der Waals surface area contributed by atoms with E-state index in [4.69, 9.17) is 12.2 Å². The Morgan fingerprint density at radius 1 is 1.08 bits per heavy atom. The number of hydrogen-bond donors (Lipinski definition) is 3. The number of nitrogens with one attached hydrogen (secondary N) is 2. The zero-order valence-corrected chi connectivity index (χ0v) is 14.7. The molecule has 0 radical (unpaired) electrons. The van der Waals surface area contributed by atoms with Crippen LogP contribution in [0.4, 0.5) is 11.4 Å². The maximum absolute atomic E-state index is 12.8. The van der Waals surface area contributed by atoms with Gasteiger partial charge >= 0.3 is 0 Å². The van der Waals surface area contributed by atoms with E-state index in [9.17, 15) is 9.90 Å². The predicted molar refractivity (Wildman–Crippen MR) is 104 cm³/mol. The number of nitrogens with zero attached hydrogens (tertiary/aromatic N) is 2. The Morgan fingerprint density at radius 2 is 1.80 bits per heavy atom. The van der Waals surface area contributed by atoms with Crippen LogP contribution in [-0.2, 0) is 7.05 Å². The van der Waals surface area contributed by atoms with Gasteiger partial charge in [-0.15, -0.1) is 0 Å². The Labute approximate surface area is 150 Å². The average Bonchev–Trinajstić information content (AvgIpc) is 2.79. The standard InChI is InChI=1S/C18H18N4O2S/c1-12-16(20-18(25)19-13-7-6-10-15(23)11-13)17(24)22(21(12)2)14-8-4-3-5-9-14/h3-11,23H,1-2H3,(H2,19,20,25). The van der Waals surface area contributed by atoms with Crippen LogP contribution in [0.25, 0.3) is 5.69 Å². The van der Waals surface area contributed by atoms with Crippen molar-refractivity contribution >= 4 is 28.7 Å². The van der Waals surface area contributed by atoms with Crippen LogP contribution in [-0.4, -0.2) is 19.6 Å². The van der Waals surface area contributed by atoms with Crippen molar-refractivity contribution in [3.05, 3.63) is 70.6 Å². The molecule has 1 aromatic heterocycles. The molecule has 0 amide bonds. The molecule has 0 fully saturated rings. The highest BCUT2D eigenvalue weighted by molar-refractivity contribution is 7.80. The first-order valence-corrected chi connectivity index (χ1v) is 8.09. The summed E-state index contributed by atoms with van der Waals surface area (Å²) in [4.78, 5) is 12.8. The number of aromatic hydroxyl groups is 1. The van der Waals surface area contributed by atoms with Crippen molar-refractivity contribution in [2.45, 2.75) is 6.92 Å². The van der Waals surface area contributed by atoms with Gasteiger partial charge in [0.1, 0.15) is 11.4 Å². The van der Waals surface area contributed by atoms with E-state index >= 15 is 0 Å². The van der Waals surface area contributed by atoms with Crippen LogP contribution >= 0.6 is 12.2 Å². The number of phenolic OH excluding ortho intramolecular Hbond substituents is 1. The molecule has 0 spiro atoms. The van der Waals surface area contributed by atoms with Crippen molar-refractivity contribution in [2.75, 3.05) is 10.6 Å². The third-order valence-electron chi connectivity index (χ3n) is 3.90. The number of aromatic nitrogens is 2. The molecule has 0 aliphatic rings. The van der Waals surface area contributed by atoms with Gasteiger partial charge in [0, 0.05) is 18.8 Å². The van der Waals surface area contributed by atoms with Crippen molar-refractivity contribution in [3.8, 4) is 11.4 Å². The van der Waals surface area contributed by atoms with E-state index in [-0.39, 0.29) is 16.4 Å². The topological polar surface area (TPSA) is 71.2 Å². The second-order valence-corrected chi connectivity index (χ2v) is 5.97. The minimum absolute atomic E-state index is 0.134. The highest BCUT2D eigenvalue weighted by Gasteiger charge is 2.16. The molecule has 128 valence electrons. The van der Waals surface area contributed by atoms with Gasteiger partial charge < -0.3 is 15.7 Å². The Hall–Kier alpha value is -3.06. The average molecular weight is 354 g/mol. The molecule has 0 saturated carbocycles. The van der Waals surface area contributed by atoms with Crippen molar-refractivity contribution in [1.29, 1.82) is 0 Å². The summed E-state index contributed by atoms with van der Waals surface area (Å²) < 4.78 is 3.35. The number of benzene rings is 2. The van der Waals surface area contributed by atoms with Gasteiger partial charge in [0.2, 0.25) is 0 Å². The lowest BCUT2D eigenvalue weighted by Gasteiger charge is -2.09. The van der Waals surface area contributed by atoms with Crippen LogP contribution in [0.1, 0.15) is 5.69 Å². The Morgan fingerprint density at radius 3 is 2.48 bits per heavy atom. The van der Waals surface area contributed by atoms with E-state index < -0.39 is 0 Å². The fraction of sp³-hybridized carbons (Fsp3) is 0.111. The van der Waals surface area contributed by atoms with Crippen molar-refractivity contribution in [2.24, 2.45) is 7.05 Å². The highest BCUT2D eigenvalue weighted by Crippen LogP contribution is 2.17. The lowest BCUT2D eigenvalue weighted by Crippen LogP contribution is -2.25. The van der Waals surface area contributed by atoms with Gasteiger partial charge in [-0.3, -0.25) is 9.48 Å². The molecule has 0 bridgehead atoms. The molecule has 0 aliphatic heterocycles. The normalized spacial score (nSPS) is 10.5. The summed E-state index contributed by atoms with van der Waals surface area (Å²) in [6, 6.07) is 16.0. The lowest BCUT2D eigenvalue weighted by molar-refractivity contribution is 0.475. The minimum atomic E-state index is -0.189. The molecule has 3 rings (SSSR count). The molecule has 0 atom stereocenters. The number of para-hydroxylation sites is 1. The molecule has 3 N–H and O–H groups in total. The van der Waals surface area contributed by atoms with Crippen LogP contribution in [0.2, 0.25) is 0 Å². The zero-order valence-electron chi connectivity index (χ0n) is 13.9. The largest absolute Gasteiger partial charge is 0.508 e. The van der Waals surface area contributed by atoms with Gasteiger partial charge in [-0.2, -0.15) is 0 Å². The molecule has 2 aromatic carbocycles. The Kier molecular flexibility index (Phi) is 4.58. The Balaban J connectivity index is 1.88. The maximum atomic E-state index is 12.8. The number of hydrogen-bond acceptors (Lipinski definition) is 3. The van der Waals surface area contributed by atoms with Crippen LogP contribution in [0.15, 0.2) is 59.4 Å². The Bertz CT molecular complexity index is 976. The molecule has 0 aliphatic carbocycles. The van der Waals surface area contributed by atoms with E-state index in [2.05, 4.69) is 10.6 Å². The smallest absolute Gasteiger partial charge is 0.295 e. The first-order valence-electron chi connectivity index (χ1n) is 7.68. The molecule has 6 nitrogen and oxygen atoms in total. The van der Waals surface area contributed by atoms with Gasteiger partial charge in [0.15, 0.2) is 5.11 Å².